The monoisotopic (exact) mass is 383 g/mol. The molecule has 0 heterocycles. The summed E-state index contributed by atoms with van der Waals surface area (Å²) in [5.41, 5.74) is 6.77. The Bertz CT molecular complexity index is 1070. The summed E-state index contributed by atoms with van der Waals surface area (Å²) in [7, 11) is -4.69. The van der Waals surface area contributed by atoms with Gasteiger partial charge < -0.3 is 10.3 Å². The number of nitrogens with two attached hydrogens (primary N) is 1. The number of benzene rings is 3. The van der Waals surface area contributed by atoms with Gasteiger partial charge in [0.05, 0.1) is 15.6 Å². The summed E-state index contributed by atoms with van der Waals surface area (Å²) in [6.07, 6.45) is 0. The topological polar surface area (TPSA) is 108 Å². The molecule has 3 rings (SSSR count). The van der Waals surface area contributed by atoms with E-state index < -0.39 is 10.1 Å². The van der Waals surface area contributed by atoms with Crippen molar-refractivity contribution >= 4 is 49.6 Å². The molecular formula is C16H11ClN3NaO3S. The van der Waals surface area contributed by atoms with Crippen LogP contribution in [0.4, 0.5) is 17.1 Å². The van der Waals surface area contributed by atoms with E-state index in [4.69, 9.17) is 17.3 Å². The standard InChI is InChI=1S/C16H12ClN3O3S.Na/c17-12-7-3-4-8-13(12)19-20-14-9-15(24(21,22)23)10-5-1-2-6-11(10)16(14)18;/h1-9H,18H2,(H,21,22,23);/q;+1/p-1. The molecule has 6 nitrogen and oxygen atoms in total. The van der Waals surface area contributed by atoms with Gasteiger partial charge in [-0.3, -0.25) is 0 Å². The fourth-order valence-electron chi connectivity index (χ4n) is 2.28. The van der Waals surface area contributed by atoms with Gasteiger partial charge in [0.1, 0.15) is 21.5 Å². The van der Waals surface area contributed by atoms with E-state index in [-0.39, 0.29) is 51.2 Å². The molecule has 0 spiro atoms. The summed E-state index contributed by atoms with van der Waals surface area (Å²) in [5.74, 6) is 0. The number of nitrogens with zero attached hydrogens (tertiary/aromatic N) is 2. The van der Waals surface area contributed by atoms with Crippen molar-refractivity contribution in [3.63, 3.8) is 0 Å². The SMILES string of the molecule is Nc1c(N=Nc2ccccc2Cl)cc(S(=O)(=O)[O-])c2ccccc12.[Na+]. The molecule has 0 amide bonds. The third-order valence-electron chi connectivity index (χ3n) is 3.41. The van der Waals surface area contributed by atoms with Gasteiger partial charge in [0.2, 0.25) is 0 Å². The minimum Gasteiger partial charge on any atom is -0.744 e. The smallest absolute Gasteiger partial charge is 0.744 e. The summed E-state index contributed by atoms with van der Waals surface area (Å²) in [4.78, 5) is -0.389. The molecule has 0 radical (unpaired) electrons. The van der Waals surface area contributed by atoms with E-state index >= 15 is 0 Å². The van der Waals surface area contributed by atoms with Crippen LogP contribution >= 0.6 is 11.6 Å². The van der Waals surface area contributed by atoms with Crippen molar-refractivity contribution in [1.29, 1.82) is 0 Å². The van der Waals surface area contributed by atoms with E-state index in [1.54, 1.807) is 42.5 Å². The zero-order valence-electron chi connectivity index (χ0n) is 13.2. The molecule has 0 bridgehead atoms. The molecule has 0 aliphatic carbocycles. The molecule has 0 aliphatic rings. The van der Waals surface area contributed by atoms with Gasteiger partial charge >= 0.3 is 29.6 Å². The summed E-state index contributed by atoms with van der Waals surface area (Å²) in [5, 5.41) is 9.01. The molecule has 0 aromatic heterocycles. The molecule has 122 valence electrons. The molecule has 0 atom stereocenters. The number of nitrogen functional groups attached to an aromatic ring is 1. The average molecular weight is 384 g/mol. The third kappa shape index (κ3) is 4.20. The first-order valence-electron chi connectivity index (χ1n) is 6.81. The van der Waals surface area contributed by atoms with Crippen molar-refractivity contribution in [2.45, 2.75) is 4.90 Å². The fraction of sp³-hybridized carbons (Fsp3) is 0. The Hall–Kier alpha value is -1.48. The van der Waals surface area contributed by atoms with Gasteiger partial charge in [0.15, 0.2) is 0 Å². The van der Waals surface area contributed by atoms with Crippen molar-refractivity contribution in [3.05, 3.63) is 59.6 Å². The van der Waals surface area contributed by atoms with Crippen LogP contribution < -0.4 is 35.3 Å². The van der Waals surface area contributed by atoms with Gasteiger partial charge in [0.25, 0.3) is 0 Å². The fourth-order valence-corrected chi connectivity index (χ4v) is 3.16. The van der Waals surface area contributed by atoms with Gasteiger partial charge in [-0.15, -0.1) is 10.2 Å². The molecule has 2 N–H and O–H groups in total. The van der Waals surface area contributed by atoms with Crippen LogP contribution in [0.1, 0.15) is 0 Å². The summed E-state index contributed by atoms with van der Waals surface area (Å²) < 4.78 is 34.6. The van der Waals surface area contributed by atoms with Gasteiger partial charge in [-0.1, -0.05) is 48.0 Å². The number of fused-ring (bicyclic) bond motifs is 1. The number of azo groups is 1. The molecule has 3 aromatic rings. The molecule has 0 unspecified atom stereocenters. The zero-order valence-corrected chi connectivity index (χ0v) is 16.8. The molecule has 0 aliphatic heterocycles. The Morgan fingerprint density at radius 3 is 2.12 bits per heavy atom. The number of anilines is 1. The number of rotatable bonds is 3. The predicted octanol–water partition coefficient (Wildman–Crippen LogP) is 1.40. The van der Waals surface area contributed by atoms with Crippen LogP contribution in [0, 0.1) is 0 Å². The maximum atomic E-state index is 11.5. The normalized spacial score (nSPS) is 11.6. The molecule has 0 saturated heterocycles. The van der Waals surface area contributed by atoms with Crippen LogP contribution in [0.25, 0.3) is 10.8 Å². The molecule has 0 fully saturated rings. The van der Waals surface area contributed by atoms with Crippen molar-refractivity contribution < 1.29 is 42.5 Å². The van der Waals surface area contributed by atoms with E-state index in [0.717, 1.165) is 6.07 Å². The van der Waals surface area contributed by atoms with Gasteiger partial charge in [0, 0.05) is 10.8 Å². The second-order valence-corrected chi connectivity index (χ2v) is 6.71. The Morgan fingerprint density at radius 1 is 0.920 bits per heavy atom. The largest absolute Gasteiger partial charge is 1.00 e. The van der Waals surface area contributed by atoms with Crippen LogP contribution in [0.2, 0.25) is 5.02 Å². The predicted molar refractivity (Wildman–Crippen MR) is 92.0 cm³/mol. The van der Waals surface area contributed by atoms with E-state index in [9.17, 15) is 13.0 Å². The first-order chi connectivity index (χ1) is 11.4. The minimum atomic E-state index is -4.69. The first-order valence-corrected chi connectivity index (χ1v) is 8.60. The second kappa shape index (κ2) is 7.82. The van der Waals surface area contributed by atoms with Crippen molar-refractivity contribution in [1.82, 2.24) is 0 Å². The first kappa shape index (κ1) is 19.8. The summed E-state index contributed by atoms with van der Waals surface area (Å²) in [6, 6.07) is 14.4. The van der Waals surface area contributed by atoms with Gasteiger partial charge in [-0.05, 0) is 18.2 Å². The Morgan fingerprint density at radius 2 is 1.48 bits per heavy atom. The van der Waals surface area contributed by atoms with E-state index in [1.165, 1.54) is 6.07 Å². The van der Waals surface area contributed by atoms with Crippen LogP contribution in [0.5, 0.6) is 0 Å². The second-order valence-electron chi connectivity index (χ2n) is 4.96. The quantitative estimate of drug-likeness (QED) is 0.319. The zero-order chi connectivity index (χ0) is 17.3. The van der Waals surface area contributed by atoms with Crippen molar-refractivity contribution in [2.75, 3.05) is 5.73 Å². The van der Waals surface area contributed by atoms with Crippen LogP contribution in [-0.2, 0) is 10.1 Å². The van der Waals surface area contributed by atoms with Gasteiger partial charge in [-0.25, -0.2) is 8.42 Å². The minimum absolute atomic E-state index is 0. The van der Waals surface area contributed by atoms with Crippen LogP contribution in [0.15, 0.2) is 69.7 Å². The van der Waals surface area contributed by atoms with E-state index in [0.29, 0.717) is 16.1 Å². The molecule has 9 heteroatoms. The Kier molecular flexibility index (Phi) is 6.21. The molecule has 0 saturated carbocycles. The maximum absolute atomic E-state index is 11.5. The molecule has 3 aromatic carbocycles. The number of hydrogen-bond donors (Lipinski definition) is 1. The van der Waals surface area contributed by atoms with E-state index in [1.807, 2.05) is 0 Å². The molecule has 25 heavy (non-hydrogen) atoms. The summed E-state index contributed by atoms with van der Waals surface area (Å²) >= 11 is 6.00. The van der Waals surface area contributed by atoms with Crippen molar-refractivity contribution in [2.24, 2.45) is 10.2 Å². The number of hydrogen-bond acceptors (Lipinski definition) is 6. The summed E-state index contributed by atoms with van der Waals surface area (Å²) in [6.45, 7) is 0. The van der Waals surface area contributed by atoms with Gasteiger partial charge in [-0.2, -0.15) is 0 Å². The van der Waals surface area contributed by atoms with Crippen LogP contribution in [0.3, 0.4) is 0 Å². The maximum Gasteiger partial charge on any atom is 1.00 e. The number of halogens is 1. The van der Waals surface area contributed by atoms with E-state index in [2.05, 4.69) is 10.2 Å². The van der Waals surface area contributed by atoms with Crippen LogP contribution in [-0.4, -0.2) is 13.0 Å². The van der Waals surface area contributed by atoms with Crippen molar-refractivity contribution in [3.8, 4) is 0 Å². The molecular weight excluding hydrogens is 373 g/mol. The Balaban J connectivity index is 0.00000225. The average Bonchev–Trinajstić information content (AvgIpc) is 2.54. The Labute approximate surface area is 171 Å². The third-order valence-corrected chi connectivity index (χ3v) is 4.61.